The van der Waals surface area contributed by atoms with Gasteiger partial charge in [-0.05, 0) is 52.0 Å². The predicted octanol–water partition coefficient (Wildman–Crippen LogP) is 2.15. The second-order valence-corrected chi connectivity index (χ2v) is 8.63. The van der Waals surface area contributed by atoms with E-state index in [1.165, 1.54) is 0 Å². The van der Waals surface area contributed by atoms with Crippen molar-refractivity contribution in [3.63, 3.8) is 0 Å². The molecule has 0 unspecified atom stereocenters. The lowest BCUT2D eigenvalue weighted by Crippen LogP contribution is -2.61. The van der Waals surface area contributed by atoms with E-state index in [0.29, 0.717) is 11.4 Å². The Morgan fingerprint density at radius 3 is 2.27 bits per heavy atom. The van der Waals surface area contributed by atoms with E-state index in [-0.39, 0.29) is 11.5 Å². The molecule has 0 amide bonds. The van der Waals surface area contributed by atoms with E-state index in [1.54, 1.807) is 59.1 Å². The van der Waals surface area contributed by atoms with Crippen molar-refractivity contribution >= 4 is 5.69 Å². The van der Waals surface area contributed by atoms with Crippen molar-refractivity contribution in [2.45, 2.75) is 76.0 Å². The Bertz CT molecular complexity index is 784. The van der Waals surface area contributed by atoms with Crippen molar-refractivity contribution in [1.29, 1.82) is 0 Å². The van der Waals surface area contributed by atoms with Gasteiger partial charge in [0.15, 0.2) is 17.9 Å². The Labute approximate surface area is 174 Å². The zero-order valence-corrected chi connectivity index (χ0v) is 17.7. The molecule has 1 aromatic carbocycles. The normalized spacial score (nSPS) is 34.6. The molecule has 0 radical (unpaired) electrons. The monoisotopic (exact) mass is 424 g/mol. The van der Waals surface area contributed by atoms with Gasteiger partial charge in [0.25, 0.3) is 0 Å². The summed E-state index contributed by atoms with van der Waals surface area (Å²) in [5.41, 5.74) is 0.701. The first-order valence-electron chi connectivity index (χ1n) is 9.96. The highest BCUT2D eigenvalue weighted by Crippen LogP contribution is 2.45. The van der Waals surface area contributed by atoms with Gasteiger partial charge in [0.05, 0.1) is 7.11 Å². The Kier molecular flexibility index (Phi) is 5.39. The van der Waals surface area contributed by atoms with Crippen LogP contribution in [0.1, 0.15) is 27.7 Å². The molecule has 30 heavy (non-hydrogen) atoms. The van der Waals surface area contributed by atoms with Gasteiger partial charge in [0.2, 0.25) is 6.54 Å². The second-order valence-electron chi connectivity index (χ2n) is 8.63. The summed E-state index contributed by atoms with van der Waals surface area (Å²) in [5.74, 6) is -1.04. The molecule has 10 nitrogen and oxygen atoms in total. The number of methoxy groups -OCH3 is 1. The van der Waals surface area contributed by atoms with Gasteiger partial charge in [0, 0.05) is 10.6 Å². The highest BCUT2D eigenvalue weighted by Gasteiger charge is 2.62. The molecule has 3 fully saturated rings. The summed E-state index contributed by atoms with van der Waals surface area (Å²) in [6.07, 6.45) is -2.93. The van der Waals surface area contributed by atoms with Gasteiger partial charge in [-0.15, -0.1) is 0 Å². The van der Waals surface area contributed by atoms with Gasteiger partial charge in [-0.3, -0.25) is 10.1 Å². The fourth-order valence-electron chi connectivity index (χ4n) is 4.26. The maximum Gasteiger partial charge on any atom is 0.226 e. The maximum atomic E-state index is 11.5. The van der Waals surface area contributed by atoms with Crippen LogP contribution in [0.25, 0.3) is 0 Å². The van der Waals surface area contributed by atoms with E-state index >= 15 is 0 Å². The van der Waals surface area contributed by atoms with E-state index in [2.05, 4.69) is 5.32 Å². The molecule has 0 spiro atoms. The number of hydrogen-bond donors (Lipinski definition) is 1. The van der Waals surface area contributed by atoms with Gasteiger partial charge < -0.3 is 33.7 Å². The first kappa shape index (κ1) is 21.3. The molecule has 1 N–H and O–H groups in total. The summed E-state index contributed by atoms with van der Waals surface area (Å²) >= 11 is 0. The predicted molar refractivity (Wildman–Crippen MR) is 105 cm³/mol. The number of benzene rings is 1. The van der Waals surface area contributed by atoms with Crippen LogP contribution < -0.4 is 10.1 Å². The van der Waals surface area contributed by atoms with Gasteiger partial charge >= 0.3 is 0 Å². The van der Waals surface area contributed by atoms with Crippen molar-refractivity contribution in [1.82, 2.24) is 0 Å². The number of fused-ring (bicyclic) bond motifs is 3. The molecule has 10 heteroatoms. The van der Waals surface area contributed by atoms with Crippen LogP contribution in [0.5, 0.6) is 5.75 Å². The number of hydrogen-bond acceptors (Lipinski definition) is 9. The number of nitrogens with one attached hydrogen (secondary N) is 1. The molecular formula is C20H28N2O8. The smallest absolute Gasteiger partial charge is 0.226 e. The van der Waals surface area contributed by atoms with E-state index < -0.39 is 48.3 Å². The Morgan fingerprint density at radius 2 is 1.63 bits per heavy atom. The molecule has 3 aliphatic heterocycles. The third-order valence-corrected chi connectivity index (χ3v) is 5.37. The minimum absolute atomic E-state index is 0.370. The van der Waals surface area contributed by atoms with E-state index in [1.807, 2.05) is 0 Å². The molecule has 0 bridgehead atoms. The molecule has 3 aliphatic rings. The summed E-state index contributed by atoms with van der Waals surface area (Å²) in [6, 6.07) is 6.46. The maximum absolute atomic E-state index is 11.5. The molecule has 3 saturated heterocycles. The topological polar surface area (TPSA) is 111 Å². The third-order valence-electron chi connectivity index (χ3n) is 5.37. The first-order chi connectivity index (χ1) is 14.1. The van der Waals surface area contributed by atoms with Gasteiger partial charge in [-0.25, -0.2) is 0 Å². The molecule has 4 rings (SSSR count). The van der Waals surface area contributed by atoms with Crippen molar-refractivity contribution < 1.29 is 33.3 Å². The van der Waals surface area contributed by atoms with E-state index in [9.17, 15) is 10.1 Å². The lowest BCUT2D eigenvalue weighted by atomic mass is 9.93. The fraction of sp³-hybridized carbons (Fsp3) is 0.700. The van der Waals surface area contributed by atoms with Crippen LogP contribution in [0.2, 0.25) is 0 Å². The molecule has 0 aliphatic carbocycles. The summed E-state index contributed by atoms with van der Waals surface area (Å²) in [6.45, 7) is 6.83. The SMILES string of the molecule is COc1ccc(N[C@H](C[N+](=O)[O-])[C@H]2O[C@@H]3OC(C)(C)O[C@@H]3[C@H]3OC(C)(C)O[C@H]32)cc1. The van der Waals surface area contributed by atoms with Crippen LogP contribution >= 0.6 is 0 Å². The van der Waals surface area contributed by atoms with E-state index in [4.69, 9.17) is 28.4 Å². The number of ether oxygens (including phenoxy) is 6. The Morgan fingerprint density at radius 1 is 1.03 bits per heavy atom. The second kappa shape index (κ2) is 7.61. The third kappa shape index (κ3) is 4.23. The van der Waals surface area contributed by atoms with Crippen LogP contribution in [-0.2, 0) is 23.7 Å². The molecule has 1 aromatic rings. The van der Waals surface area contributed by atoms with Crippen molar-refractivity contribution in [3.05, 3.63) is 34.4 Å². The molecule has 0 saturated carbocycles. The van der Waals surface area contributed by atoms with Crippen LogP contribution in [0.3, 0.4) is 0 Å². The number of nitro groups is 1. The van der Waals surface area contributed by atoms with Gasteiger partial charge in [-0.1, -0.05) is 0 Å². The minimum Gasteiger partial charge on any atom is -0.497 e. The van der Waals surface area contributed by atoms with E-state index in [0.717, 1.165) is 0 Å². The molecule has 0 aromatic heterocycles. The van der Waals surface area contributed by atoms with Gasteiger partial charge in [0.1, 0.15) is 36.2 Å². The van der Waals surface area contributed by atoms with Crippen LogP contribution in [-0.4, -0.2) is 66.9 Å². The Balaban J connectivity index is 1.62. The summed E-state index contributed by atoms with van der Waals surface area (Å²) < 4.78 is 35.5. The standard InChI is InChI=1S/C20H28N2O8/c1-19(2)27-15-14(26-18-17(16(15)28-19)29-20(3,4)30-18)13(10-22(23)24)21-11-6-8-12(25-5)9-7-11/h6-9,13-18,21H,10H2,1-5H3/t13-,14-,15+,16+,17-,18-/m1/s1. The number of nitrogens with zero attached hydrogens (tertiary/aromatic N) is 1. The molecule has 6 atom stereocenters. The van der Waals surface area contributed by atoms with Crippen LogP contribution in [0.15, 0.2) is 24.3 Å². The quantitative estimate of drug-likeness (QED) is 0.542. The average molecular weight is 424 g/mol. The zero-order chi connectivity index (χ0) is 21.7. The number of rotatable bonds is 6. The molecule has 3 heterocycles. The average Bonchev–Trinajstić information content (AvgIpc) is 3.14. The Hall–Kier alpha value is -1.98. The highest BCUT2D eigenvalue weighted by molar-refractivity contribution is 5.47. The summed E-state index contributed by atoms with van der Waals surface area (Å²) in [7, 11) is 1.58. The zero-order valence-electron chi connectivity index (χ0n) is 17.7. The molecule has 166 valence electrons. The van der Waals surface area contributed by atoms with Gasteiger partial charge in [-0.2, -0.15) is 0 Å². The van der Waals surface area contributed by atoms with Crippen LogP contribution in [0.4, 0.5) is 5.69 Å². The van der Waals surface area contributed by atoms with Crippen molar-refractivity contribution in [2.24, 2.45) is 0 Å². The first-order valence-corrected chi connectivity index (χ1v) is 9.96. The molecular weight excluding hydrogens is 396 g/mol. The van der Waals surface area contributed by atoms with Crippen molar-refractivity contribution in [2.75, 3.05) is 19.0 Å². The minimum atomic E-state index is -0.874. The number of anilines is 1. The summed E-state index contributed by atoms with van der Waals surface area (Å²) in [5, 5.41) is 14.7. The fourth-order valence-corrected chi connectivity index (χ4v) is 4.26. The largest absolute Gasteiger partial charge is 0.497 e. The summed E-state index contributed by atoms with van der Waals surface area (Å²) in [4.78, 5) is 11.1. The van der Waals surface area contributed by atoms with Crippen molar-refractivity contribution in [3.8, 4) is 5.75 Å². The van der Waals surface area contributed by atoms with Crippen LogP contribution in [0, 0.1) is 10.1 Å². The highest BCUT2D eigenvalue weighted by atomic mass is 16.9. The lowest BCUT2D eigenvalue weighted by molar-refractivity contribution is -0.485. The lowest BCUT2D eigenvalue weighted by Gasteiger charge is -2.40.